The van der Waals surface area contributed by atoms with E-state index in [9.17, 15) is 0 Å². The van der Waals surface area contributed by atoms with Crippen LogP contribution in [0.4, 0.5) is 0 Å². The molecule has 0 atom stereocenters. The molecule has 0 aliphatic heterocycles. The molecular formula is C9H13N5S. The van der Waals surface area contributed by atoms with Crippen LogP contribution in [0.5, 0.6) is 0 Å². The van der Waals surface area contributed by atoms with Gasteiger partial charge in [0.2, 0.25) is 0 Å². The van der Waals surface area contributed by atoms with Crippen LogP contribution in [0.1, 0.15) is 18.3 Å². The molecule has 0 amide bonds. The van der Waals surface area contributed by atoms with Gasteiger partial charge in [0.05, 0.1) is 16.3 Å². The van der Waals surface area contributed by atoms with Gasteiger partial charge in [-0.05, 0) is 20.8 Å². The summed E-state index contributed by atoms with van der Waals surface area (Å²) in [6, 6.07) is 0. The third-order valence-corrected chi connectivity index (χ3v) is 3.35. The minimum atomic E-state index is 0.893. The molecule has 2 aromatic rings. The lowest BCUT2D eigenvalue weighted by Gasteiger charge is -2.01. The molecule has 6 heteroatoms. The second-order valence-electron chi connectivity index (χ2n) is 3.21. The van der Waals surface area contributed by atoms with E-state index >= 15 is 0 Å². The van der Waals surface area contributed by atoms with Gasteiger partial charge in [-0.1, -0.05) is 0 Å². The van der Waals surface area contributed by atoms with Gasteiger partial charge in [0.25, 0.3) is 0 Å². The molecule has 0 spiro atoms. The van der Waals surface area contributed by atoms with Crippen LogP contribution < -0.4 is 0 Å². The third kappa shape index (κ3) is 1.90. The molecule has 0 saturated carbocycles. The summed E-state index contributed by atoms with van der Waals surface area (Å²) in [4.78, 5) is 5.06. The Hall–Kier alpha value is -1.30. The smallest absolute Gasteiger partial charge is 0.138 e. The van der Waals surface area contributed by atoms with Crippen LogP contribution in [0, 0.1) is 13.8 Å². The summed E-state index contributed by atoms with van der Waals surface area (Å²) >= 11 is 1.54. The number of hydrogen-bond donors (Lipinski definition) is 0. The Balaban J connectivity index is 2.32. The van der Waals surface area contributed by atoms with Crippen LogP contribution in [-0.4, -0.2) is 24.0 Å². The highest BCUT2D eigenvalue weighted by Gasteiger charge is 2.12. The molecule has 80 valence electrons. The van der Waals surface area contributed by atoms with Crippen molar-refractivity contribution in [2.24, 2.45) is 0 Å². The van der Waals surface area contributed by atoms with Crippen LogP contribution >= 0.6 is 11.9 Å². The minimum absolute atomic E-state index is 0.893. The van der Waals surface area contributed by atoms with E-state index in [1.165, 1.54) is 12.0 Å². The summed E-state index contributed by atoms with van der Waals surface area (Å²) in [7, 11) is 0. The summed E-state index contributed by atoms with van der Waals surface area (Å²) in [5.74, 6) is 0. The van der Waals surface area contributed by atoms with Gasteiger partial charge in [0.15, 0.2) is 0 Å². The van der Waals surface area contributed by atoms with Crippen LogP contribution in [0.2, 0.25) is 0 Å². The number of hydrogen-bond acceptors (Lipinski definition) is 4. The molecule has 0 fully saturated rings. The molecule has 2 rings (SSSR count). The van der Waals surface area contributed by atoms with Gasteiger partial charge in [-0.15, -0.1) is 5.10 Å². The van der Waals surface area contributed by atoms with Gasteiger partial charge in [-0.2, -0.15) is 9.19 Å². The fourth-order valence-corrected chi connectivity index (χ4v) is 2.25. The summed E-state index contributed by atoms with van der Waals surface area (Å²) in [5.41, 5.74) is 2.21. The van der Waals surface area contributed by atoms with E-state index in [2.05, 4.69) is 29.0 Å². The molecule has 0 aromatic carbocycles. The predicted molar refractivity (Wildman–Crippen MR) is 58.7 cm³/mol. The summed E-state index contributed by atoms with van der Waals surface area (Å²) < 4.78 is 3.73. The zero-order valence-electron chi connectivity index (χ0n) is 9.01. The second kappa shape index (κ2) is 4.06. The van der Waals surface area contributed by atoms with E-state index in [1.807, 2.05) is 11.6 Å². The maximum absolute atomic E-state index is 4.44. The Morgan fingerprint density at radius 2 is 2.20 bits per heavy atom. The van der Waals surface area contributed by atoms with Crippen molar-refractivity contribution in [2.45, 2.75) is 32.2 Å². The first-order valence-electron chi connectivity index (χ1n) is 4.79. The number of rotatable bonds is 3. The zero-order valence-corrected chi connectivity index (χ0v) is 9.82. The predicted octanol–water partition coefficient (Wildman–Crippen LogP) is 1.67. The van der Waals surface area contributed by atoms with Gasteiger partial charge in [0.1, 0.15) is 12.7 Å². The first kappa shape index (κ1) is 10.2. The summed E-state index contributed by atoms with van der Waals surface area (Å²) in [6.45, 7) is 7.06. The largest absolute Gasteiger partial charge is 0.269 e. The fourth-order valence-electron chi connectivity index (χ4n) is 1.46. The molecule has 2 heterocycles. The maximum atomic E-state index is 4.44. The van der Waals surface area contributed by atoms with Crippen molar-refractivity contribution >= 4 is 11.9 Å². The third-order valence-electron chi connectivity index (χ3n) is 2.20. The van der Waals surface area contributed by atoms with Crippen molar-refractivity contribution in [3.05, 3.63) is 24.0 Å². The van der Waals surface area contributed by atoms with Crippen LogP contribution in [0.25, 0.3) is 0 Å². The van der Waals surface area contributed by atoms with Crippen molar-refractivity contribution in [1.82, 2.24) is 24.0 Å². The first-order valence-corrected chi connectivity index (χ1v) is 5.56. The van der Waals surface area contributed by atoms with Crippen molar-refractivity contribution in [3.63, 3.8) is 0 Å². The maximum Gasteiger partial charge on any atom is 0.138 e. The van der Waals surface area contributed by atoms with Gasteiger partial charge >= 0.3 is 0 Å². The molecule has 0 bridgehead atoms. The number of nitrogens with zero attached hydrogens (tertiary/aromatic N) is 5. The molecule has 0 unspecified atom stereocenters. The lowest BCUT2D eigenvalue weighted by molar-refractivity contribution is 0.633. The molecule has 5 nitrogen and oxygen atoms in total. The lowest BCUT2D eigenvalue weighted by atomic mass is 10.4. The van der Waals surface area contributed by atoms with E-state index in [4.69, 9.17) is 0 Å². The molecular weight excluding hydrogens is 210 g/mol. The summed E-state index contributed by atoms with van der Waals surface area (Å²) in [5, 5.41) is 8.50. The molecule has 0 aliphatic carbocycles. The SMILES string of the molecule is CCn1nc(C)c(Sn2cncn2)c1C. The average molecular weight is 223 g/mol. The Labute approximate surface area is 92.6 Å². The fraction of sp³-hybridized carbons (Fsp3) is 0.444. The Kier molecular flexibility index (Phi) is 2.77. The normalized spacial score (nSPS) is 10.9. The van der Waals surface area contributed by atoms with Crippen molar-refractivity contribution < 1.29 is 0 Å². The second-order valence-corrected chi connectivity index (χ2v) is 4.17. The van der Waals surface area contributed by atoms with E-state index in [-0.39, 0.29) is 0 Å². The molecule has 2 aromatic heterocycles. The topological polar surface area (TPSA) is 48.5 Å². The molecule has 0 radical (unpaired) electrons. The van der Waals surface area contributed by atoms with Crippen molar-refractivity contribution in [2.75, 3.05) is 0 Å². The Morgan fingerprint density at radius 1 is 1.40 bits per heavy atom. The molecule has 0 N–H and O–H groups in total. The quantitative estimate of drug-likeness (QED) is 0.794. The van der Waals surface area contributed by atoms with E-state index < -0.39 is 0 Å². The highest BCUT2D eigenvalue weighted by atomic mass is 32.2. The number of aromatic nitrogens is 5. The van der Waals surface area contributed by atoms with Crippen LogP contribution in [0.3, 0.4) is 0 Å². The molecule has 0 aliphatic rings. The summed E-state index contributed by atoms with van der Waals surface area (Å²) in [6.07, 6.45) is 3.22. The monoisotopic (exact) mass is 223 g/mol. The van der Waals surface area contributed by atoms with Crippen molar-refractivity contribution in [3.8, 4) is 0 Å². The Morgan fingerprint density at radius 3 is 2.73 bits per heavy atom. The van der Waals surface area contributed by atoms with Crippen LogP contribution in [0.15, 0.2) is 17.6 Å². The van der Waals surface area contributed by atoms with Crippen LogP contribution in [-0.2, 0) is 6.54 Å². The van der Waals surface area contributed by atoms with E-state index in [0.717, 1.165) is 17.1 Å². The standard InChI is InChI=1S/C9H13N5S/c1-4-13-8(3)9(7(2)12-13)15-14-6-10-5-11-14/h5-6H,4H2,1-3H3. The van der Waals surface area contributed by atoms with E-state index in [0.29, 0.717) is 0 Å². The van der Waals surface area contributed by atoms with Gasteiger partial charge in [0, 0.05) is 18.5 Å². The van der Waals surface area contributed by atoms with Crippen molar-refractivity contribution in [1.29, 1.82) is 0 Å². The highest BCUT2D eigenvalue weighted by molar-refractivity contribution is 7.97. The number of aryl methyl sites for hydroxylation is 2. The molecule has 15 heavy (non-hydrogen) atoms. The highest BCUT2D eigenvalue weighted by Crippen LogP contribution is 2.26. The van der Waals surface area contributed by atoms with Gasteiger partial charge in [-0.3, -0.25) is 4.68 Å². The zero-order chi connectivity index (χ0) is 10.8. The lowest BCUT2D eigenvalue weighted by Crippen LogP contribution is -1.98. The van der Waals surface area contributed by atoms with Gasteiger partial charge in [-0.25, -0.2) is 4.98 Å². The minimum Gasteiger partial charge on any atom is -0.269 e. The first-order chi connectivity index (χ1) is 7.22. The Bertz CT molecular complexity index is 445. The van der Waals surface area contributed by atoms with Gasteiger partial charge < -0.3 is 0 Å². The van der Waals surface area contributed by atoms with E-state index in [1.54, 1.807) is 22.4 Å². The molecule has 0 saturated heterocycles. The average Bonchev–Trinajstić information content (AvgIpc) is 2.81.